The lowest BCUT2D eigenvalue weighted by molar-refractivity contribution is -0.166. The summed E-state index contributed by atoms with van der Waals surface area (Å²) in [7, 11) is 16.4. The van der Waals surface area contributed by atoms with Crippen molar-refractivity contribution in [3.63, 3.8) is 0 Å². The maximum absolute atomic E-state index is 13.8. The zero-order valence-corrected chi connectivity index (χ0v) is 67.6. The smallest absolute Gasteiger partial charge is 0.261 e. The number of nitriles is 4. The van der Waals surface area contributed by atoms with Gasteiger partial charge >= 0.3 is 0 Å². The number of carbonyl (C=O) groups excluding carboxylic acids is 8. The molecule has 0 aromatic heterocycles. The average Bonchev–Trinajstić information content (AvgIpc) is 1.53. The lowest BCUT2D eigenvalue weighted by atomic mass is 9.79. The number of likely N-dealkylation sites (N-methyl/N-ethyl adjacent to an activating group) is 3. The fraction of sp³-hybridized carbons (Fsp3) is 0.520. The summed E-state index contributed by atoms with van der Waals surface area (Å²) in [6.45, 7) is 15.1. The molecule has 16 atom stereocenters. The van der Waals surface area contributed by atoms with Crippen molar-refractivity contribution < 1.29 is 76.3 Å². The first-order valence-corrected chi connectivity index (χ1v) is 44.0. The maximum Gasteiger partial charge on any atom is 0.261 e. The van der Waals surface area contributed by atoms with Crippen LogP contribution >= 0.6 is 86.4 Å². The summed E-state index contributed by atoms with van der Waals surface area (Å²) in [5.74, 6) is 4.16. The van der Waals surface area contributed by atoms with Gasteiger partial charge in [-0.1, -0.05) is 118 Å². The van der Waals surface area contributed by atoms with Gasteiger partial charge in [-0.05, 0) is 139 Å². The first-order valence-electron chi connectivity index (χ1n) is 35.4. The predicted octanol–water partition coefficient (Wildman–Crippen LogP) is 11.2. The largest absolute Gasteiger partial charge is 0.454 e. The molecule has 4 aromatic rings. The van der Waals surface area contributed by atoms with Crippen LogP contribution in [0.15, 0.2) is 72.8 Å². The molecule has 0 radical (unpaired) electrons. The molecule has 8 bridgehead atoms. The molecule has 20 aliphatic heterocycles. The summed E-state index contributed by atoms with van der Waals surface area (Å²) in [4.78, 5) is 113. The van der Waals surface area contributed by atoms with Gasteiger partial charge in [0.15, 0.2) is 85.0 Å². The molecule has 25 rings (SSSR count). The molecule has 578 valence electrons. The van der Waals surface area contributed by atoms with Crippen LogP contribution in [-0.4, -0.2) is 180 Å². The number of benzene rings is 4. The molecule has 8 amide bonds. The second kappa shape index (κ2) is 24.7. The van der Waals surface area contributed by atoms with Crippen molar-refractivity contribution in [3.05, 3.63) is 95.1 Å². The van der Waals surface area contributed by atoms with E-state index in [2.05, 4.69) is 24.3 Å². The number of rotatable bonds is 5. The SMILES string of the molecule is C.CN1C(=O)[C@@]23C[C@](C)(C#N)[C@H](c4ccc5c(c4)OCO5)N2C(=O)[C@]1(C)SS3.CN1C(=O)[C@]23C[C@@](C)(C#N)[C@@H](c4ccc5c(c4)OCO5)N2C(=O)[C@@]1(C)SS3.CN1C(=O)[C@]23C[C@@](C)(C#N)[C@H](c4ccc5c(c4)OCO5)N2C(=O)[C@@]1(C)SS3.C[C@]1(C#N)C[C@@]23SS[C@](C)(C(=O)N2[C@H]1c1ccc2c(c1)OCO2)N(C1CC1)C3=O. The van der Waals surface area contributed by atoms with Crippen molar-refractivity contribution >= 4 is 134 Å². The van der Waals surface area contributed by atoms with Crippen LogP contribution in [-0.2, 0) is 38.4 Å². The third kappa shape index (κ3) is 9.73. The van der Waals surface area contributed by atoms with Gasteiger partial charge < -0.3 is 77.1 Å². The van der Waals surface area contributed by atoms with Crippen molar-refractivity contribution in [2.45, 2.75) is 171 Å². The van der Waals surface area contributed by atoms with E-state index < -0.39 is 84.8 Å². The summed E-state index contributed by atoms with van der Waals surface area (Å²) in [6, 6.07) is 29.6. The van der Waals surface area contributed by atoms with Gasteiger partial charge in [-0.3, -0.25) is 38.4 Å². The molecule has 0 unspecified atom stereocenters. The highest BCUT2D eigenvalue weighted by molar-refractivity contribution is 8.79. The summed E-state index contributed by atoms with van der Waals surface area (Å²) in [5.41, 5.74) is -0.440. The quantitative estimate of drug-likeness (QED) is 0.168. The minimum Gasteiger partial charge on any atom is -0.454 e. The Morgan fingerprint density at radius 3 is 0.784 bits per heavy atom. The fourth-order valence-electron chi connectivity index (χ4n) is 18.7. The van der Waals surface area contributed by atoms with E-state index in [1.165, 1.54) is 101 Å². The van der Waals surface area contributed by atoms with Gasteiger partial charge in [-0.15, -0.1) is 0 Å². The molecular formula is C75H74N12O16S8. The molecule has 0 N–H and O–H groups in total. The van der Waals surface area contributed by atoms with Crippen LogP contribution in [0.2, 0.25) is 0 Å². The number of ether oxygens (including phenoxy) is 8. The summed E-state index contributed by atoms with van der Waals surface area (Å²) in [5, 5.41) is 40.3. The van der Waals surface area contributed by atoms with Crippen LogP contribution in [0.4, 0.5) is 0 Å². The highest BCUT2D eigenvalue weighted by atomic mass is 33.1. The standard InChI is InChI=1S/C20H19N3O4S2.3C18H17N3O4S2.CH4/c1-18(9-21)8-20-17(25)22(12-4-5-12)19(2,28-29-20)16(24)23(20)15(18)11-3-6-13-14(7-11)27-10-26-13;3*1-16(8-19)7-18-15(23)20(3)17(2,26-27-18)14(22)21(18)13(16)10-4-5-11-12(6-10)25-9-24-11;/h3,6-7,12,15H,4-5,8,10H2,1-2H3;3*4-6,13H,7,9H2,1-3H3;1H4/t15-,18+,19+,20-;2*13-,16+,17-,18-;13-,16-,17+,18+;/m0100./s1. The Balaban J connectivity index is 0.000000107. The van der Waals surface area contributed by atoms with Crippen molar-refractivity contribution in [3.8, 4) is 70.3 Å². The normalized spacial score (nSPS) is 38.8. The Hall–Kier alpha value is -8.20. The molecule has 21 aliphatic rings. The lowest BCUT2D eigenvalue weighted by Crippen LogP contribution is -2.75. The second-order valence-corrected chi connectivity index (χ2v) is 43.0. The third-order valence-corrected chi connectivity index (χ3v) is 39.6. The van der Waals surface area contributed by atoms with Crippen molar-refractivity contribution in [1.82, 2.24) is 39.2 Å². The van der Waals surface area contributed by atoms with Crippen LogP contribution in [0.1, 0.15) is 148 Å². The molecule has 16 saturated heterocycles. The predicted molar refractivity (Wildman–Crippen MR) is 412 cm³/mol. The van der Waals surface area contributed by atoms with Gasteiger partial charge in [-0.2, -0.15) is 21.0 Å². The van der Waals surface area contributed by atoms with Crippen LogP contribution in [0.5, 0.6) is 46.0 Å². The monoisotopic (exact) mass is 1650 g/mol. The molecule has 1 aliphatic carbocycles. The van der Waals surface area contributed by atoms with Crippen molar-refractivity contribution in [1.29, 1.82) is 21.0 Å². The van der Waals surface area contributed by atoms with E-state index in [4.69, 9.17) is 37.9 Å². The first kappa shape index (κ1) is 75.5. The fourth-order valence-corrected chi connectivity index (χ4v) is 33.0. The molecule has 4 spiro atoms. The zero-order valence-electron chi connectivity index (χ0n) is 61.1. The third-order valence-electron chi connectivity index (χ3n) is 24.9. The minimum atomic E-state index is -1.06. The number of piperazine rings is 4. The molecule has 20 heterocycles. The van der Waals surface area contributed by atoms with Crippen LogP contribution in [0.3, 0.4) is 0 Å². The van der Waals surface area contributed by atoms with Gasteiger partial charge in [0.1, 0.15) is 0 Å². The molecule has 36 heteroatoms. The van der Waals surface area contributed by atoms with Gasteiger partial charge in [0.25, 0.3) is 47.3 Å². The Morgan fingerprint density at radius 2 is 0.541 bits per heavy atom. The van der Waals surface area contributed by atoms with Gasteiger partial charge in [0.2, 0.25) is 27.2 Å². The van der Waals surface area contributed by atoms with Crippen LogP contribution in [0, 0.1) is 67.0 Å². The van der Waals surface area contributed by atoms with Gasteiger partial charge in [0.05, 0.1) is 70.1 Å². The zero-order chi connectivity index (χ0) is 77.8. The molecule has 1 saturated carbocycles. The van der Waals surface area contributed by atoms with E-state index in [9.17, 15) is 59.4 Å². The van der Waals surface area contributed by atoms with E-state index in [1.54, 1.807) is 79.7 Å². The highest BCUT2D eigenvalue weighted by Gasteiger charge is 2.80. The van der Waals surface area contributed by atoms with E-state index in [0.717, 1.165) is 35.1 Å². The minimum absolute atomic E-state index is 0. The Bertz CT molecular complexity index is 4740. The van der Waals surface area contributed by atoms with Gasteiger partial charge in [-0.25, -0.2) is 0 Å². The van der Waals surface area contributed by atoms with E-state index >= 15 is 0 Å². The second-order valence-electron chi connectivity index (χ2n) is 31.8. The number of nitrogens with zero attached hydrogens (tertiary/aromatic N) is 12. The molecule has 111 heavy (non-hydrogen) atoms. The van der Waals surface area contributed by atoms with Crippen molar-refractivity contribution in [2.75, 3.05) is 48.3 Å². The first-order chi connectivity index (χ1) is 52.1. The van der Waals surface area contributed by atoms with E-state index in [0.29, 0.717) is 52.4 Å². The van der Waals surface area contributed by atoms with Crippen LogP contribution < -0.4 is 37.9 Å². The van der Waals surface area contributed by atoms with E-state index in [-0.39, 0.29) is 107 Å². The number of hydrogen-bond donors (Lipinski definition) is 0. The molecule has 4 aromatic carbocycles. The van der Waals surface area contributed by atoms with Gasteiger partial charge in [0, 0.05) is 52.9 Å². The number of hydrogen-bond acceptors (Lipinski definition) is 28. The Kier molecular flexibility index (Phi) is 16.8. The highest BCUT2D eigenvalue weighted by Crippen LogP contribution is 2.75. The number of amides is 8. The Labute approximate surface area is 671 Å². The summed E-state index contributed by atoms with van der Waals surface area (Å²) in [6.07, 6.45) is 3.07. The average molecular weight is 1660 g/mol. The summed E-state index contributed by atoms with van der Waals surface area (Å²) >= 11 is 0. The van der Waals surface area contributed by atoms with Crippen LogP contribution in [0.25, 0.3) is 0 Å². The number of carbonyl (C=O) groups is 8. The topological polar surface area (TPSA) is 331 Å². The van der Waals surface area contributed by atoms with E-state index in [1.807, 2.05) is 94.1 Å². The lowest BCUT2D eigenvalue weighted by Gasteiger charge is -2.58. The number of fused-ring (bicyclic) bond motifs is 12. The molecule has 28 nitrogen and oxygen atoms in total. The maximum atomic E-state index is 13.8. The Morgan fingerprint density at radius 1 is 0.315 bits per heavy atom. The summed E-state index contributed by atoms with van der Waals surface area (Å²) < 4.78 is 43.6. The molecular weight excluding hydrogens is 1580 g/mol. The van der Waals surface area contributed by atoms with Crippen molar-refractivity contribution in [2.24, 2.45) is 21.7 Å². The molecule has 17 fully saturated rings.